The zero-order valence-corrected chi connectivity index (χ0v) is 10.1. The molecule has 0 radical (unpaired) electrons. The zero-order chi connectivity index (χ0) is 11.3. The van der Waals surface area contributed by atoms with Gasteiger partial charge in [0.05, 0.1) is 5.71 Å². The summed E-state index contributed by atoms with van der Waals surface area (Å²) in [5.74, 6) is 0. The molecule has 0 amide bonds. The van der Waals surface area contributed by atoms with Crippen molar-refractivity contribution in [1.82, 2.24) is 10.7 Å². The number of benzene rings is 1. The van der Waals surface area contributed by atoms with Crippen LogP contribution in [0.25, 0.3) is 0 Å². The summed E-state index contributed by atoms with van der Waals surface area (Å²) in [4.78, 5) is 0. The lowest BCUT2D eigenvalue weighted by Gasteiger charge is -2.04. The monoisotopic (exact) mass is 241 g/mol. The Hall–Kier alpha value is -1.13. The van der Waals surface area contributed by atoms with E-state index in [-0.39, 0.29) is 0 Å². The van der Waals surface area contributed by atoms with Crippen molar-refractivity contribution in [3.8, 4) is 0 Å². The second-order valence-electron chi connectivity index (χ2n) is 2.90. The van der Waals surface area contributed by atoms with Crippen LogP contribution in [0.5, 0.6) is 0 Å². The summed E-state index contributed by atoms with van der Waals surface area (Å²) in [5, 5.41) is 8.06. The van der Waals surface area contributed by atoms with Crippen LogP contribution in [0.4, 0.5) is 0 Å². The third kappa shape index (κ3) is 3.85. The van der Waals surface area contributed by atoms with Crippen molar-refractivity contribution in [2.24, 2.45) is 5.10 Å². The lowest BCUT2D eigenvalue weighted by molar-refractivity contribution is 0.974. The van der Waals surface area contributed by atoms with Gasteiger partial charge in [0.1, 0.15) is 0 Å². The SMILES string of the molecule is CNC(=S)N/N=C(/C)c1cccc(Cl)c1. The van der Waals surface area contributed by atoms with Crippen LogP contribution in [-0.4, -0.2) is 17.9 Å². The van der Waals surface area contributed by atoms with Crippen molar-refractivity contribution >= 4 is 34.6 Å². The number of nitrogens with zero attached hydrogens (tertiary/aromatic N) is 1. The molecule has 0 atom stereocenters. The highest BCUT2D eigenvalue weighted by molar-refractivity contribution is 7.80. The Labute approximate surface area is 99.5 Å². The Balaban J connectivity index is 2.75. The van der Waals surface area contributed by atoms with Gasteiger partial charge in [0.2, 0.25) is 0 Å². The number of halogens is 1. The summed E-state index contributed by atoms with van der Waals surface area (Å²) >= 11 is 10.8. The third-order valence-electron chi connectivity index (χ3n) is 1.79. The lowest BCUT2D eigenvalue weighted by Crippen LogP contribution is -2.29. The maximum absolute atomic E-state index is 5.87. The number of thiocarbonyl (C=S) groups is 1. The molecule has 15 heavy (non-hydrogen) atoms. The van der Waals surface area contributed by atoms with Crippen LogP contribution in [-0.2, 0) is 0 Å². The zero-order valence-electron chi connectivity index (χ0n) is 8.54. The summed E-state index contributed by atoms with van der Waals surface area (Å²) < 4.78 is 0. The summed E-state index contributed by atoms with van der Waals surface area (Å²) in [6.07, 6.45) is 0. The second-order valence-corrected chi connectivity index (χ2v) is 3.74. The molecule has 1 aromatic carbocycles. The summed E-state index contributed by atoms with van der Waals surface area (Å²) in [6.45, 7) is 1.89. The van der Waals surface area contributed by atoms with Crippen LogP contribution in [0, 0.1) is 0 Å². The molecule has 0 fully saturated rings. The molecule has 0 bridgehead atoms. The number of hydrogen-bond donors (Lipinski definition) is 2. The van der Waals surface area contributed by atoms with Crippen LogP contribution in [0.15, 0.2) is 29.4 Å². The normalized spacial score (nSPS) is 11.0. The average Bonchev–Trinajstić information content (AvgIpc) is 2.25. The molecule has 0 saturated heterocycles. The van der Waals surface area contributed by atoms with Crippen molar-refractivity contribution < 1.29 is 0 Å². The highest BCUT2D eigenvalue weighted by Crippen LogP contribution is 2.11. The van der Waals surface area contributed by atoms with E-state index in [1.54, 1.807) is 7.05 Å². The molecule has 1 aromatic rings. The Morgan fingerprint density at radius 1 is 1.47 bits per heavy atom. The largest absolute Gasteiger partial charge is 0.364 e. The minimum absolute atomic E-state index is 0.483. The van der Waals surface area contributed by atoms with Crippen LogP contribution in [0.3, 0.4) is 0 Å². The first-order chi connectivity index (χ1) is 7.13. The second kappa shape index (κ2) is 5.68. The molecule has 0 saturated carbocycles. The maximum Gasteiger partial charge on any atom is 0.186 e. The summed E-state index contributed by atoms with van der Waals surface area (Å²) in [5.41, 5.74) is 4.51. The maximum atomic E-state index is 5.87. The molecule has 0 spiro atoms. The molecular weight excluding hydrogens is 230 g/mol. The molecule has 0 heterocycles. The van der Waals surface area contributed by atoms with Gasteiger partial charge in [0.25, 0.3) is 0 Å². The van der Waals surface area contributed by atoms with Crippen LogP contribution < -0.4 is 10.7 Å². The van der Waals surface area contributed by atoms with E-state index in [1.807, 2.05) is 31.2 Å². The molecule has 2 N–H and O–H groups in total. The minimum atomic E-state index is 0.483. The predicted octanol–water partition coefficient (Wildman–Crippen LogP) is 2.16. The first-order valence-electron chi connectivity index (χ1n) is 4.41. The summed E-state index contributed by atoms with van der Waals surface area (Å²) in [6, 6.07) is 7.50. The van der Waals surface area contributed by atoms with Gasteiger partial charge < -0.3 is 5.32 Å². The smallest absolute Gasteiger partial charge is 0.186 e. The fourth-order valence-corrected chi connectivity index (χ4v) is 1.20. The lowest BCUT2D eigenvalue weighted by atomic mass is 10.1. The van der Waals surface area contributed by atoms with E-state index >= 15 is 0 Å². The van der Waals surface area contributed by atoms with Crippen molar-refractivity contribution in [2.75, 3.05) is 7.05 Å². The van der Waals surface area contributed by atoms with Crippen molar-refractivity contribution in [1.29, 1.82) is 0 Å². The predicted molar refractivity (Wildman–Crippen MR) is 68.5 cm³/mol. The topological polar surface area (TPSA) is 36.4 Å². The highest BCUT2D eigenvalue weighted by atomic mass is 35.5. The van der Waals surface area contributed by atoms with Gasteiger partial charge in [-0.3, -0.25) is 5.43 Å². The molecule has 0 aliphatic carbocycles. The standard InChI is InChI=1S/C10H12ClN3S/c1-7(13-14-10(15)12-2)8-4-3-5-9(11)6-8/h3-6H,1-2H3,(H2,12,14,15)/b13-7-. The molecule has 1 rings (SSSR count). The fourth-order valence-electron chi connectivity index (χ4n) is 0.969. The molecular formula is C10H12ClN3S. The third-order valence-corrected chi connectivity index (χ3v) is 2.33. The quantitative estimate of drug-likeness (QED) is 0.473. The highest BCUT2D eigenvalue weighted by Gasteiger charge is 1.98. The van der Waals surface area contributed by atoms with Gasteiger partial charge >= 0.3 is 0 Å². The molecule has 3 nitrogen and oxygen atoms in total. The Morgan fingerprint density at radius 2 is 2.20 bits per heavy atom. The Bertz CT molecular complexity index is 390. The Morgan fingerprint density at radius 3 is 2.80 bits per heavy atom. The molecule has 0 aliphatic rings. The molecule has 80 valence electrons. The summed E-state index contributed by atoms with van der Waals surface area (Å²) in [7, 11) is 1.74. The molecule has 0 aromatic heterocycles. The van der Waals surface area contributed by atoms with E-state index in [0.29, 0.717) is 10.1 Å². The van der Waals surface area contributed by atoms with Crippen molar-refractivity contribution in [3.63, 3.8) is 0 Å². The van der Waals surface area contributed by atoms with Gasteiger partial charge in [-0.2, -0.15) is 5.10 Å². The molecule has 0 aliphatic heterocycles. The van der Waals surface area contributed by atoms with E-state index in [2.05, 4.69) is 15.8 Å². The average molecular weight is 242 g/mol. The van der Waals surface area contributed by atoms with Crippen molar-refractivity contribution in [2.45, 2.75) is 6.92 Å². The fraction of sp³-hybridized carbons (Fsp3) is 0.200. The van der Waals surface area contributed by atoms with Crippen LogP contribution in [0.2, 0.25) is 5.02 Å². The van der Waals surface area contributed by atoms with Gasteiger partial charge in [-0.1, -0.05) is 23.7 Å². The Kier molecular flexibility index (Phi) is 4.52. The molecule has 0 unspecified atom stereocenters. The van der Waals surface area contributed by atoms with Crippen LogP contribution >= 0.6 is 23.8 Å². The number of nitrogens with one attached hydrogen (secondary N) is 2. The van der Waals surface area contributed by atoms with Gasteiger partial charge in [0.15, 0.2) is 5.11 Å². The van der Waals surface area contributed by atoms with E-state index in [1.165, 1.54) is 0 Å². The van der Waals surface area contributed by atoms with Crippen molar-refractivity contribution in [3.05, 3.63) is 34.9 Å². The molecule has 5 heteroatoms. The number of rotatable bonds is 2. The van der Waals surface area contributed by atoms with Gasteiger partial charge in [-0.25, -0.2) is 0 Å². The van der Waals surface area contributed by atoms with Gasteiger partial charge in [0, 0.05) is 12.1 Å². The van der Waals surface area contributed by atoms with Crippen LogP contribution in [0.1, 0.15) is 12.5 Å². The van der Waals surface area contributed by atoms with E-state index < -0.39 is 0 Å². The number of hydrazone groups is 1. The number of hydrogen-bond acceptors (Lipinski definition) is 2. The van der Waals surface area contributed by atoms with E-state index in [0.717, 1.165) is 11.3 Å². The first-order valence-corrected chi connectivity index (χ1v) is 5.20. The van der Waals surface area contributed by atoms with Gasteiger partial charge in [-0.15, -0.1) is 0 Å². The first kappa shape index (κ1) is 11.9. The van der Waals surface area contributed by atoms with E-state index in [9.17, 15) is 0 Å². The van der Waals surface area contributed by atoms with Gasteiger partial charge in [-0.05, 0) is 36.8 Å². The minimum Gasteiger partial charge on any atom is -0.364 e. The van der Waals surface area contributed by atoms with E-state index in [4.69, 9.17) is 23.8 Å².